The van der Waals surface area contributed by atoms with Gasteiger partial charge in [0.05, 0.1) is 0 Å². The van der Waals surface area contributed by atoms with E-state index in [1.807, 2.05) is 0 Å². The number of hydrogen-bond donors (Lipinski definition) is 2. The summed E-state index contributed by atoms with van der Waals surface area (Å²) in [6, 6.07) is 11.3. The molecule has 0 aliphatic carbocycles. The lowest BCUT2D eigenvalue weighted by atomic mass is 10.0. The fourth-order valence-electron chi connectivity index (χ4n) is 2.73. The molecule has 0 radical (unpaired) electrons. The first kappa shape index (κ1) is 13.1. The van der Waals surface area contributed by atoms with Gasteiger partial charge in [-0.15, -0.1) is 0 Å². The van der Waals surface area contributed by atoms with Crippen molar-refractivity contribution in [1.29, 1.82) is 0 Å². The predicted molar refractivity (Wildman–Crippen MR) is 79.8 cm³/mol. The van der Waals surface area contributed by atoms with Crippen LogP contribution in [0, 0.1) is 0 Å². The standard InChI is InChI=1S/C15H21N5/c1-2-4-14(5-3-1)20-10-7-13(8-11-20)16-9-6-15-17-12-18-19-15/h1-5,12-13,16H,6-11H2,(H,17,18,19). The fraction of sp³-hybridized carbons (Fsp3) is 0.467. The number of para-hydroxylation sites is 1. The van der Waals surface area contributed by atoms with Crippen molar-refractivity contribution in [3.63, 3.8) is 0 Å². The van der Waals surface area contributed by atoms with Crippen molar-refractivity contribution < 1.29 is 0 Å². The van der Waals surface area contributed by atoms with Crippen LogP contribution in [0.3, 0.4) is 0 Å². The zero-order valence-corrected chi connectivity index (χ0v) is 11.6. The van der Waals surface area contributed by atoms with Crippen LogP contribution in [0.15, 0.2) is 36.7 Å². The monoisotopic (exact) mass is 271 g/mol. The van der Waals surface area contributed by atoms with E-state index in [4.69, 9.17) is 0 Å². The number of anilines is 1. The van der Waals surface area contributed by atoms with Crippen molar-refractivity contribution in [2.45, 2.75) is 25.3 Å². The highest BCUT2D eigenvalue weighted by Crippen LogP contribution is 2.19. The van der Waals surface area contributed by atoms with E-state index in [9.17, 15) is 0 Å². The highest BCUT2D eigenvalue weighted by molar-refractivity contribution is 5.46. The van der Waals surface area contributed by atoms with Crippen LogP contribution in [0.25, 0.3) is 0 Å². The number of aromatic nitrogens is 3. The van der Waals surface area contributed by atoms with Crippen LogP contribution < -0.4 is 10.2 Å². The molecule has 3 rings (SSSR count). The average molecular weight is 271 g/mol. The van der Waals surface area contributed by atoms with Crippen LogP contribution >= 0.6 is 0 Å². The Kier molecular flexibility index (Phi) is 4.28. The van der Waals surface area contributed by atoms with Crippen LogP contribution in [0.5, 0.6) is 0 Å². The molecule has 106 valence electrons. The predicted octanol–water partition coefficient (Wildman–Crippen LogP) is 1.61. The van der Waals surface area contributed by atoms with Gasteiger partial charge in [-0.2, -0.15) is 5.10 Å². The molecule has 2 aromatic rings. The lowest BCUT2D eigenvalue weighted by molar-refractivity contribution is 0.416. The van der Waals surface area contributed by atoms with E-state index in [1.165, 1.54) is 18.5 Å². The minimum atomic E-state index is 0.623. The van der Waals surface area contributed by atoms with E-state index in [0.717, 1.165) is 31.9 Å². The van der Waals surface area contributed by atoms with Crippen molar-refractivity contribution >= 4 is 5.69 Å². The summed E-state index contributed by atoms with van der Waals surface area (Å²) in [5, 5.41) is 10.4. The Morgan fingerprint density at radius 1 is 1.20 bits per heavy atom. The quantitative estimate of drug-likeness (QED) is 0.867. The van der Waals surface area contributed by atoms with E-state index in [0.29, 0.717) is 6.04 Å². The van der Waals surface area contributed by atoms with Gasteiger partial charge in [0.1, 0.15) is 12.2 Å². The number of nitrogens with zero attached hydrogens (tertiary/aromatic N) is 3. The molecule has 2 N–H and O–H groups in total. The minimum absolute atomic E-state index is 0.623. The Morgan fingerprint density at radius 2 is 2.00 bits per heavy atom. The molecule has 2 heterocycles. The van der Waals surface area contributed by atoms with Crippen LogP contribution in [0.4, 0.5) is 5.69 Å². The highest BCUT2D eigenvalue weighted by atomic mass is 15.2. The first-order valence-corrected chi connectivity index (χ1v) is 7.29. The number of H-pyrrole nitrogens is 1. The molecule has 1 aliphatic heterocycles. The number of rotatable bonds is 5. The highest BCUT2D eigenvalue weighted by Gasteiger charge is 2.18. The zero-order valence-electron chi connectivity index (χ0n) is 11.6. The summed E-state index contributed by atoms with van der Waals surface area (Å²) < 4.78 is 0. The number of benzene rings is 1. The summed E-state index contributed by atoms with van der Waals surface area (Å²) in [6.45, 7) is 3.22. The summed E-state index contributed by atoms with van der Waals surface area (Å²) in [5.74, 6) is 0.958. The third-order valence-electron chi connectivity index (χ3n) is 3.88. The minimum Gasteiger partial charge on any atom is -0.371 e. The van der Waals surface area contributed by atoms with E-state index in [-0.39, 0.29) is 0 Å². The van der Waals surface area contributed by atoms with E-state index in [2.05, 4.69) is 55.7 Å². The smallest absolute Gasteiger partial charge is 0.137 e. The molecule has 5 nitrogen and oxygen atoms in total. The van der Waals surface area contributed by atoms with Gasteiger partial charge in [0, 0.05) is 37.8 Å². The third-order valence-corrected chi connectivity index (χ3v) is 3.88. The van der Waals surface area contributed by atoms with Gasteiger partial charge in [-0.3, -0.25) is 5.10 Å². The van der Waals surface area contributed by atoms with Crippen LogP contribution in [0.2, 0.25) is 0 Å². The van der Waals surface area contributed by atoms with Crippen molar-refractivity contribution in [2.75, 3.05) is 24.5 Å². The van der Waals surface area contributed by atoms with Gasteiger partial charge >= 0.3 is 0 Å². The Labute approximate surface area is 119 Å². The summed E-state index contributed by atoms with van der Waals surface area (Å²) in [6.07, 6.45) is 4.88. The number of nitrogens with one attached hydrogen (secondary N) is 2. The SMILES string of the molecule is c1ccc(N2CCC(NCCc3ncn[nH]3)CC2)cc1. The van der Waals surface area contributed by atoms with Gasteiger partial charge in [-0.05, 0) is 25.0 Å². The summed E-state index contributed by atoms with van der Waals surface area (Å²) in [7, 11) is 0. The Bertz CT molecular complexity index is 488. The lowest BCUT2D eigenvalue weighted by Gasteiger charge is -2.34. The normalized spacial score (nSPS) is 16.5. The molecule has 1 saturated heterocycles. The molecule has 0 amide bonds. The van der Waals surface area contributed by atoms with Gasteiger partial charge in [0.15, 0.2) is 0 Å². The molecule has 0 saturated carbocycles. The average Bonchev–Trinajstić information content (AvgIpc) is 3.02. The Morgan fingerprint density at radius 3 is 2.70 bits per heavy atom. The van der Waals surface area contributed by atoms with Crippen molar-refractivity contribution in [1.82, 2.24) is 20.5 Å². The van der Waals surface area contributed by atoms with Gasteiger partial charge in [-0.25, -0.2) is 4.98 Å². The maximum Gasteiger partial charge on any atom is 0.137 e. The molecular weight excluding hydrogens is 250 g/mol. The molecule has 1 aromatic heterocycles. The molecule has 1 fully saturated rings. The first-order valence-electron chi connectivity index (χ1n) is 7.29. The summed E-state index contributed by atoms with van der Waals surface area (Å²) in [5.41, 5.74) is 1.34. The molecule has 0 unspecified atom stereocenters. The first-order chi connectivity index (χ1) is 9.92. The van der Waals surface area contributed by atoms with Crippen LogP contribution in [-0.4, -0.2) is 40.9 Å². The molecule has 5 heteroatoms. The van der Waals surface area contributed by atoms with Crippen LogP contribution in [-0.2, 0) is 6.42 Å². The van der Waals surface area contributed by atoms with Crippen molar-refractivity contribution in [3.05, 3.63) is 42.5 Å². The number of hydrogen-bond acceptors (Lipinski definition) is 4. The van der Waals surface area contributed by atoms with Crippen molar-refractivity contribution in [2.24, 2.45) is 0 Å². The maximum absolute atomic E-state index is 4.14. The molecule has 0 atom stereocenters. The van der Waals surface area contributed by atoms with E-state index >= 15 is 0 Å². The molecule has 20 heavy (non-hydrogen) atoms. The molecule has 0 spiro atoms. The lowest BCUT2D eigenvalue weighted by Crippen LogP contribution is -2.43. The number of aromatic amines is 1. The topological polar surface area (TPSA) is 56.8 Å². The second-order valence-electron chi connectivity index (χ2n) is 5.23. The molecule has 1 aromatic carbocycles. The van der Waals surface area contributed by atoms with Crippen molar-refractivity contribution in [3.8, 4) is 0 Å². The maximum atomic E-state index is 4.14. The summed E-state index contributed by atoms with van der Waals surface area (Å²) >= 11 is 0. The Balaban J connectivity index is 1.40. The fourth-order valence-corrected chi connectivity index (χ4v) is 2.73. The van der Waals surface area contributed by atoms with Gasteiger partial charge < -0.3 is 10.2 Å². The summed E-state index contributed by atoms with van der Waals surface area (Å²) in [4.78, 5) is 6.60. The number of piperidine rings is 1. The third kappa shape index (κ3) is 3.36. The zero-order chi connectivity index (χ0) is 13.6. The van der Waals surface area contributed by atoms with Gasteiger partial charge in [0.2, 0.25) is 0 Å². The molecular formula is C15H21N5. The molecule has 1 aliphatic rings. The van der Waals surface area contributed by atoms with Gasteiger partial charge in [0.25, 0.3) is 0 Å². The second kappa shape index (κ2) is 6.52. The second-order valence-corrected chi connectivity index (χ2v) is 5.23. The molecule has 0 bridgehead atoms. The van der Waals surface area contributed by atoms with Crippen LogP contribution in [0.1, 0.15) is 18.7 Å². The van der Waals surface area contributed by atoms with Gasteiger partial charge in [-0.1, -0.05) is 18.2 Å². The van der Waals surface area contributed by atoms with E-state index < -0.39 is 0 Å². The Hall–Kier alpha value is -1.88. The van der Waals surface area contributed by atoms with E-state index in [1.54, 1.807) is 6.33 Å². The largest absolute Gasteiger partial charge is 0.371 e.